The zero-order valence-corrected chi connectivity index (χ0v) is 13.7. The quantitative estimate of drug-likeness (QED) is 0.864. The van der Waals surface area contributed by atoms with Gasteiger partial charge in [0.1, 0.15) is 0 Å². The summed E-state index contributed by atoms with van der Waals surface area (Å²) in [6.45, 7) is 4.54. The van der Waals surface area contributed by atoms with E-state index in [2.05, 4.69) is 25.1 Å². The van der Waals surface area contributed by atoms with E-state index in [0.717, 1.165) is 50.4 Å². The second-order valence-corrected chi connectivity index (χ2v) is 6.62. The first-order valence-electron chi connectivity index (χ1n) is 8.59. The summed E-state index contributed by atoms with van der Waals surface area (Å²) in [4.78, 5) is 24.6. The molecule has 0 spiro atoms. The number of aromatic amines is 1. The number of aromatic nitrogens is 2. The van der Waals surface area contributed by atoms with Crippen molar-refractivity contribution in [3.8, 4) is 0 Å². The van der Waals surface area contributed by atoms with Gasteiger partial charge in [0.05, 0.1) is 6.33 Å². The van der Waals surface area contributed by atoms with Gasteiger partial charge in [0.15, 0.2) is 0 Å². The number of carbonyl (C=O) groups excluding carboxylic acids is 1. The highest BCUT2D eigenvalue weighted by atomic mass is 16.2. The second-order valence-electron chi connectivity index (χ2n) is 6.62. The summed E-state index contributed by atoms with van der Waals surface area (Å²) < 4.78 is 0. The van der Waals surface area contributed by atoms with Crippen molar-refractivity contribution in [1.82, 2.24) is 25.1 Å². The molecule has 3 atom stereocenters. The zero-order valence-electron chi connectivity index (χ0n) is 13.7. The van der Waals surface area contributed by atoms with Gasteiger partial charge in [-0.3, -0.25) is 9.69 Å². The Morgan fingerprint density at radius 2 is 2.17 bits per heavy atom. The number of amides is 1. The number of nitrogens with one attached hydrogen (secondary N) is 2. The first-order valence-corrected chi connectivity index (χ1v) is 8.59. The number of hydrogen-bond donors (Lipinski definition) is 2. The van der Waals surface area contributed by atoms with E-state index < -0.39 is 0 Å². The average molecular weight is 325 g/mol. The van der Waals surface area contributed by atoms with Gasteiger partial charge in [0.2, 0.25) is 0 Å². The molecule has 24 heavy (non-hydrogen) atoms. The van der Waals surface area contributed by atoms with Crippen molar-refractivity contribution in [2.24, 2.45) is 0 Å². The van der Waals surface area contributed by atoms with Crippen molar-refractivity contribution in [3.05, 3.63) is 54.1 Å². The van der Waals surface area contributed by atoms with Gasteiger partial charge in [0.25, 0.3) is 5.91 Å². The van der Waals surface area contributed by atoms with Gasteiger partial charge in [-0.05, 0) is 18.6 Å². The van der Waals surface area contributed by atoms with Crippen molar-refractivity contribution < 1.29 is 4.79 Å². The van der Waals surface area contributed by atoms with Gasteiger partial charge < -0.3 is 15.2 Å². The molecule has 2 bridgehead atoms. The Morgan fingerprint density at radius 3 is 2.96 bits per heavy atom. The summed E-state index contributed by atoms with van der Waals surface area (Å²) in [5, 5.41) is 3.49. The molecular formula is C18H23N5O. The number of imidazole rings is 1. The number of rotatable bonds is 5. The van der Waals surface area contributed by atoms with Gasteiger partial charge in [-0.15, -0.1) is 0 Å². The molecule has 6 heteroatoms. The van der Waals surface area contributed by atoms with E-state index in [1.165, 1.54) is 0 Å². The van der Waals surface area contributed by atoms with Gasteiger partial charge in [-0.2, -0.15) is 0 Å². The van der Waals surface area contributed by atoms with Crippen molar-refractivity contribution in [2.75, 3.05) is 26.2 Å². The second kappa shape index (κ2) is 6.75. The fourth-order valence-electron chi connectivity index (χ4n) is 3.79. The molecule has 3 heterocycles. The van der Waals surface area contributed by atoms with Crippen LogP contribution in [0.4, 0.5) is 0 Å². The number of carbonyl (C=O) groups is 1. The molecule has 0 radical (unpaired) electrons. The van der Waals surface area contributed by atoms with Crippen LogP contribution in [0.1, 0.15) is 22.5 Å². The van der Waals surface area contributed by atoms with Crippen LogP contribution in [0.5, 0.6) is 0 Å². The topological polar surface area (TPSA) is 64.3 Å². The van der Waals surface area contributed by atoms with Gasteiger partial charge in [0, 0.05) is 62.3 Å². The lowest BCUT2D eigenvalue weighted by Crippen LogP contribution is -2.57. The molecule has 1 aromatic carbocycles. The zero-order chi connectivity index (χ0) is 16.4. The highest BCUT2D eigenvalue weighted by molar-refractivity contribution is 5.94. The van der Waals surface area contributed by atoms with Gasteiger partial charge in [-0.1, -0.05) is 18.2 Å². The molecule has 1 amide bonds. The summed E-state index contributed by atoms with van der Waals surface area (Å²) in [6, 6.07) is 10.4. The molecule has 2 saturated heterocycles. The van der Waals surface area contributed by atoms with Crippen LogP contribution >= 0.6 is 0 Å². The van der Waals surface area contributed by atoms with Gasteiger partial charge >= 0.3 is 0 Å². The number of benzene rings is 1. The predicted octanol–water partition coefficient (Wildman–Crippen LogP) is 1.10. The molecule has 6 nitrogen and oxygen atoms in total. The van der Waals surface area contributed by atoms with Crippen LogP contribution in [-0.4, -0.2) is 63.9 Å². The highest BCUT2D eigenvalue weighted by Crippen LogP contribution is 2.26. The third-order valence-corrected chi connectivity index (χ3v) is 5.09. The number of nitrogens with zero attached hydrogens (tertiary/aromatic N) is 3. The van der Waals surface area contributed by atoms with Crippen LogP contribution in [0.25, 0.3) is 0 Å². The molecule has 2 aliphatic heterocycles. The van der Waals surface area contributed by atoms with Crippen LogP contribution in [0.15, 0.2) is 42.9 Å². The van der Waals surface area contributed by atoms with E-state index >= 15 is 0 Å². The number of piperazine rings is 1. The van der Waals surface area contributed by atoms with E-state index in [1.807, 2.05) is 36.5 Å². The highest BCUT2D eigenvalue weighted by Gasteiger charge is 2.40. The summed E-state index contributed by atoms with van der Waals surface area (Å²) >= 11 is 0. The standard InChI is InChI=1S/C18H23N5O/c24-18(14-4-2-1-3-5-14)23-12-17(22-7-6-16(23)11-22)10-19-8-15-9-20-13-21-15/h1-5,9,13,16-17,19H,6-8,10-12H2,(H,20,21)/t16-,17+/m0/s1. The largest absolute Gasteiger partial charge is 0.347 e. The lowest BCUT2D eigenvalue weighted by Gasteiger charge is -2.40. The Bertz CT molecular complexity index is 672. The molecule has 4 rings (SSSR count). The van der Waals surface area contributed by atoms with Crippen LogP contribution in [0, 0.1) is 0 Å². The van der Waals surface area contributed by atoms with E-state index in [4.69, 9.17) is 0 Å². The van der Waals surface area contributed by atoms with Crippen molar-refractivity contribution in [2.45, 2.75) is 25.0 Å². The number of hydrogen-bond acceptors (Lipinski definition) is 4. The Morgan fingerprint density at radius 1 is 1.29 bits per heavy atom. The Hall–Kier alpha value is -2.18. The number of H-pyrrole nitrogens is 1. The SMILES string of the molecule is O=C(c1ccccc1)N1C[C@@H](CNCc2cnc[nH]2)N2CC[C@H]1C2. The minimum atomic E-state index is 0.167. The smallest absolute Gasteiger partial charge is 0.254 e. The van der Waals surface area contributed by atoms with Crippen molar-refractivity contribution in [1.29, 1.82) is 0 Å². The summed E-state index contributed by atoms with van der Waals surface area (Å²) in [5.74, 6) is 0.167. The summed E-state index contributed by atoms with van der Waals surface area (Å²) in [7, 11) is 0. The van der Waals surface area contributed by atoms with Crippen LogP contribution in [-0.2, 0) is 6.54 Å². The maximum atomic E-state index is 12.9. The Labute approximate surface area is 141 Å². The Balaban J connectivity index is 1.40. The molecule has 0 aliphatic carbocycles. The third kappa shape index (κ3) is 3.07. The lowest BCUT2D eigenvalue weighted by atomic mass is 10.1. The fourth-order valence-corrected chi connectivity index (χ4v) is 3.79. The third-order valence-electron chi connectivity index (χ3n) is 5.09. The lowest BCUT2D eigenvalue weighted by molar-refractivity contribution is 0.0495. The normalized spacial score (nSPS) is 25.8. The summed E-state index contributed by atoms with van der Waals surface area (Å²) in [6.07, 6.45) is 4.61. The monoisotopic (exact) mass is 325 g/mol. The molecule has 126 valence electrons. The molecule has 2 aliphatic rings. The van der Waals surface area contributed by atoms with E-state index in [1.54, 1.807) is 6.33 Å². The molecular weight excluding hydrogens is 302 g/mol. The molecule has 2 aromatic rings. The molecule has 2 fully saturated rings. The predicted molar refractivity (Wildman–Crippen MR) is 91.5 cm³/mol. The van der Waals surface area contributed by atoms with Crippen LogP contribution < -0.4 is 5.32 Å². The first-order chi connectivity index (χ1) is 11.8. The van der Waals surface area contributed by atoms with Crippen LogP contribution in [0.2, 0.25) is 0 Å². The molecule has 1 unspecified atom stereocenters. The maximum Gasteiger partial charge on any atom is 0.254 e. The number of fused-ring (bicyclic) bond motifs is 2. The van der Waals surface area contributed by atoms with Crippen molar-refractivity contribution in [3.63, 3.8) is 0 Å². The maximum absolute atomic E-state index is 12.9. The molecule has 2 N–H and O–H groups in total. The minimum absolute atomic E-state index is 0.167. The minimum Gasteiger partial charge on any atom is -0.347 e. The molecule has 1 aromatic heterocycles. The van der Waals surface area contributed by atoms with E-state index in [-0.39, 0.29) is 5.91 Å². The van der Waals surface area contributed by atoms with Crippen LogP contribution in [0.3, 0.4) is 0 Å². The Kier molecular flexibility index (Phi) is 4.32. The fraction of sp³-hybridized carbons (Fsp3) is 0.444. The van der Waals surface area contributed by atoms with E-state index in [9.17, 15) is 4.79 Å². The average Bonchev–Trinajstić information content (AvgIpc) is 3.28. The van der Waals surface area contributed by atoms with E-state index in [0.29, 0.717) is 12.1 Å². The van der Waals surface area contributed by atoms with Crippen molar-refractivity contribution >= 4 is 5.91 Å². The van der Waals surface area contributed by atoms with Gasteiger partial charge in [-0.25, -0.2) is 4.98 Å². The molecule has 0 saturated carbocycles. The first kappa shape index (κ1) is 15.4. The summed E-state index contributed by atoms with van der Waals surface area (Å²) in [5.41, 5.74) is 1.88.